The predicted octanol–water partition coefficient (Wildman–Crippen LogP) is 1.54. The fraction of sp³-hybridized carbons (Fsp3) is 0.111. The Morgan fingerprint density at radius 1 is 1.57 bits per heavy atom. The van der Waals surface area contributed by atoms with Crippen molar-refractivity contribution in [3.63, 3.8) is 0 Å². The second-order valence-electron chi connectivity index (χ2n) is 2.72. The molecule has 0 bridgehead atoms. The van der Waals surface area contributed by atoms with Crippen LogP contribution in [0, 0.1) is 3.57 Å². The van der Waals surface area contributed by atoms with Gasteiger partial charge in [0.15, 0.2) is 5.75 Å². The number of hydrogen-bond acceptors (Lipinski definition) is 3. The maximum Gasteiger partial charge on any atom is 0.291 e. The molecule has 0 fully saturated rings. The van der Waals surface area contributed by atoms with Crippen LogP contribution in [0.15, 0.2) is 23.1 Å². The highest BCUT2D eigenvalue weighted by Gasteiger charge is 2.05. The minimum atomic E-state index is -0.255. The van der Waals surface area contributed by atoms with Crippen LogP contribution < -0.4 is 10.3 Å². The largest absolute Gasteiger partial charge is 0.491 e. The molecule has 2 rings (SSSR count). The van der Waals surface area contributed by atoms with Crippen molar-refractivity contribution in [3.05, 3.63) is 32.3 Å². The molecule has 0 amide bonds. The molecule has 0 aliphatic carbocycles. The van der Waals surface area contributed by atoms with E-state index in [1.807, 2.05) is 6.07 Å². The molecule has 0 radical (unpaired) electrons. The van der Waals surface area contributed by atoms with Crippen LogP contribution in [-0.2, 0) is 0 Å². The Bertz CT molecular complexity index is 536. The molecular weight excluding hydrogens is 295 g/mol. The van der Waals surface area contributed by atoms with Crippen molar-refractivity contribution in [1.82, 2.24) is 9.97 Å². The lowest BCUT2D eigenvalue weighted by atomic mass is 10.3. The van der Waals surface area contributed by atoms with Crippen LogP contribution in [-0.4, -0.2) is 17.1 Å². The Kier molecular flexibility index (Phi) is 2.40. The van der Waals surface area contributed by atoms with Crippen molar-refractivity contribution in [2.45, 2.75) is 0 Å². The van der Waals surface area contributed by atoms with Crippen molar-refractivity contribution in [1.29, 1.82) is 0 Å². The zero-order valence-corrected chi connectivity index (χ0v) is 9.53. The van der Waals surface area contributed by atoms with Gasteiger partial charge in [-0.1, -0.05) is 0 Å². The molecule has 0 aromatic carbocycles. The van der Waals surface area contributed by atoms with E-state index in [1.165, 1.54) is 7.11 Å². The predicted molar refractivity (Wildman–Crippen MR) is 61.6 cm³/mol. The minimum absolute atomic E-state index is 0.255. The van der Waals surface area contributed by atoms with Gasteiger partial charge in [-0.05, 0) is 34.7 Å². The quantitative estimate of drug-likeness (QED) is 0.813. The smallest absolute Gasteiger partial charge is 0.291 e. The number of H-pyrrole nitrogens is 1. The van der Waals surface area contributed by atoms with Gasteiger partial charge in [0.05, 0.1) is 7.11 Å². The number of pyridine rings is 2. The van der Waals surface area contributed by atoms with Crippen molar-refractivity contribution in [2.75, 3.05) is 7.11 Å². The lowest BCUT2D eigenvalue weighted by molar-refractivity contribution is 0.409. The maximum atomic E-state index is 11.4. The number of nitrogens with one attached hydrogen (secondary N) is 1. The van der Waals surface area contributed by atoms with E-state index in [4.69, 9.17) is 4.74 Å². The van der Waals surface area contributed by atoms with Crippen molar-refractivity contribution in [3.8, 4) is 5.75 Å². The number of methoxy groups -OCH3 is 1. The number of fused-ring (bicyclic) bond motifs is 1. The van der Waals surface area contributed by atoms with Gasteiger partial charge in [-0.2, -0.15) is 0 Å². The summed E-state index contributed by atoms with van der Waals surface area (Å²) < 4.78 is 5.96. The average molecular weight is 302 g/mol. The van der Waals surface area contributed by atoms with Crippen LogP contribution in [0.5, 0.6) is 5.75 Å². The van der Waals surface area contributed by atoms with Crippen LogP contribution in [0.2, 0.25) is 0 Å². The highest BCUT2D eigenvalue weighted by molar-refractivity contribution is 14.1. The highest BCUT2D eigenvalue weighted by atomic mass is 127. The van der Waals surface area contributed by atoms with Gasteiger partial charge in [0, 0.05) is 15.2 Å². The van der Waals surface area contributed by atoms with E-state index in [2.05, 4.69) is 32.6 Å². The molecule has 14 heavy (non-hydrogen) atoms. The van der Waals surface area contributed by atoms with Crippen molar-refractivity contribution < 1.29 is 4.74 Å². The number of nitrogens with zero attached hydrogens (tertiary/aromatic N) is 1. The van der Waals surface area contributed by atoms with Gasteiger partial charge in [0.2, 0.25) is 0 Å². The zero-order chi connectivity index (χ0) is 10.1. The van der Waals surface area contributed by atoms with E-state index in [-0.39, 0.29) is 5.56 Å². The molecule has 0 saturated carbocycles. The minimum Gasteiger partial charge on any atom is -0.491 e. The average Bonchev–Trinajstić information content (AvgIpc) is 2.17. The van der Waals surface area contributed by atoms with Crippen molar-refractivity contribution in [2.24, 2.45) is 0 Å². The molecule has 0 aliphatic heterocycles. The number of aromatic nitrogens is 2. The summed E-state index contributed by atoms with van der Waals surface area (Å²) in [6, 6.07) is 3.57. The summed E-state index contributed by atoms with van der Waals surface area (Å²) in [6.45, 7) is 0. The number of ether oxygens (including phenoxy) is 1. The Labute approximate surface area is 93.5 Å². The second kappa shape index (κ2) is 3.56. The first kappa shape index (κ1) is 9.45. The van der Waals surface area contributed by atoms with Crippen LogP contribution in [0.3, 0.4) is 0 Å². The number of aromatic amines is 1. The summed E-state index contributed by atoms with van der Waals surface area (Å²) in [7, 11) is 1.47. The fourth-order valence-corrected chi connectivity index (χ4v) is 1.78. The standard InChI is InChI=1S/C9H7IN2O2/c1-14-7-4-5-6(10)2-3-11-8(5)12-9(7)13/h2-4H,1H3,(H,11,12,13). The molecule has 4 nitrogen and oxygen atoms in total. The molecule has 1 N–H and O–H groups in total. The van der Waals surface area contributed by atoms with E-state index in [1.54, 1.807) is 12.3 Å². The van der Waals surface area contributed by atoms with Gasteiger partial charge in [-0.3, -0.25) is 4.79 Å². The van der Waals surface area contributed by atoms with E-state index < -0.39 is 0 Å². The van der Waals surface area contributed by atoms with Gasteiger partial charge in [-0.25, -0.2) is 4.98 Å². The highest BCUT2D eigenvalue weighted by Crippen LogP contribution is 2.18. The lowest BCUT2D eigenvalue weighted by Gasteiger charge is -2.02. The van der Waals surface area contributed by atoms with E-state index in [9.17, 15) is 4.79 Å². The third-order valence-corrected chi connectivity index (χ3v) is 2.83. The van der Waals surface area contributed by atoms with E-state index >= 15 is 0 Å². The molecule has 0 atom stereocenters. The van der Waals surface area contributed by atoms with Gasteiger partial charge >= 0.3 is 0 Å². The van der Waals surface area contributed by atoms with E-state index in [0.29, 0.717) is 11.4 Å². The monoisotopic (exact) mass is 302 g/mol. The molecule has 2 aromatic rings. The Balaban J connectivity index is 2.87. The van der Waals surface area contributed by atoms with E-state index in [0.717, 1.165) is 8.96 Å². The normalized spacial score (nSPS) is 10.4. The summed E-state index contributed by atoms with van der Waals surface area (Å²) in [5, 5.41) is 0.893. The first-order chi connectivity index (χ1) is 6.72. The van der Waals surface area contributed by atoms with Gasteiger partial charge < -0.3 is 9.72 Å². The lowest BCUT2D eigenvalue weighted by Crippen LogP contribution is -2.09. The summed E-state index contributed by atoms with van der Waals surface area (Å²) in [6.07, 6.45) is 1.66. The van der Waals surface area contributed by atoms with Crippen LogP contribution in [0.1, 0.15) is 0 Å². The molecule has 0 unspecified atom stereocenters. The van der Waals surface area contributed by atoms with Crippen LogP contribution >= 0.6 is 22.6 Å². The maximum absolute atomic E-state index is 11.4. The van der Waals surface area contributed by atoms with Gasteiger partial charge in [-0.15, -0.1) is 0 Å². The molecule has 2 aromatic heterocycles. The SMILES string of the molecule is COc1cc2c(I)ccnc2[nH]c1=O. The van der Waals surface area contributed by atoms with Crippen LogP contribution in [0.25, 0.3) is 11.0 Å². The number of rotatable bonds is 1. The first-order valence-corrected chi connectivity index (χ1v) is 5.02. The Hall–Kier alpha value is -1.11. The third-order valence-electron chi connectivity index (χ3n) is 1.89. The van der Waals surface area contributed by atoms with Gasteiger partial charge in [0.1, 0.15) is 5.65 Å². The molecule has 0 saturated heterocycles. The van der Waals surface area contributed by atoms with Gasteiger partial charge in [0.25, 0.3) is 5.56 Å². The summed E-state index contributed by atoms with van der Waals surface area (Å²) in [5.74, 6) is 0.309. The molecule has 0 spiro atoms. The summed E-state index contributed by atoms with van der Waals surface area (Å²) in [4.78, 5) is 18.1. The Morgan fingerprint density at radius 2 is 2.36 bits per heavy atom. The molecule has 0 aliphatic rings. The molecule has 5 heteroatoms. The first-order valence-electron chi connectivity index (χ1n) is 3.94. The van der Waals surface area contributed by atoms with Crippen molar-refractivity contribution >= 4 is 33.6 Å². The topological polar surface area (TPSA) is 55.0 Å². The third kappa shape index (κ3) is 1.47. The summed E-state index contributed by atoms with van der Waals surface area (Å²) >= 11 is 2.19. The number of halogens is 1. The number of hydrogen-bond donors (Lipinski definition) is 1. The van der Waals surface area contributed by atoms with Crippen LogP contribution in [0.4, 0.5) is 0 Å². The molecule has 2 heterocycles. The Morgan fingerprint density at radius 3 is 3.07 bits per heavy atom. The summed E-state index contributed by atoms with van der Waals surface area (Å²) in [5.41, 5.74) is 0.331. The fourth-order valence-electron chi connectivity index (χ4n) is 1.20. The molecule has 72 valence electrons. The molecular formula is C9H7IN2O2. The zero-order valence-electron chi connectivity index (χ0n) is 7.37. The second-order valence-corrected chi connectivity index (χ2v) is 3.88.